The Morgan fingerprint density at radius 3 is 3.08 bits per heavy atom. The van der Waals surface area contributed by atoms with Gasteiger partial charge >= 0.3 is 5.97 Å². The van der Waals surface area contributed by atoms with Crippen LogP contribution in [0.15, 0.2) is 5.38 Å². The second-order valence-corrected chi connectivity index (χ2v) is 2.76. The van der Waals surface area contributed by atoms with Gasteiger partial charge in [0, 0.05) is 5.38 Å². The molecule has 0 unspecified atom stereocenters. The summed E-state index contributed by atoms with van der Waals surface area (Å²) < 4.78 is 4.48. The number of esters is 1. The summed E-state index contributed by atoms with van der Waals surface area (Å²) in [5, 5.41) is 2.27. The summed E-state index contributed by atoms with van der Waals surface area (Å²) in [5.41, 5.74) is 0.320. The maximum atomic E-state index is 10.9. The van der Waals surface area contributed by atoms with Crippen molar-refractivity contribution in [3.8, 4) is 11.8 Å². The van der Waals surface area contributed by atoms with Gasteiger partial charge in [-0.05, 0) is 12.8 Å². The molecule has 4 heteroatoms. The highest BCUT2D eigenvalue weighted by molar-refractivity contribution is 7.10. The summed E-state index contributed by atoms with van der Waals surface area (Å²) in [7, 11) is 1.33. The summed E-state index contributed by atoms with van der Waals surface area (Å²) in [6, 6.07) is 0. The van der Waals surface area contributed by atoms with Crippen LogP contribution in [0, 0.1) is 11.8 Å². The lowest BCUT2D eigenvalue weighted by Gasteiger charge is -1.89. The quantitative estimate of drug-likeness (QED) is 0.484. The van der Waals surface area contributed by atoms with Crippen LogP contribution in [0.25, 0.3) is 0 Å². The first-order chi connectivity index (χ1) is 5.77. The van der Waals surface area contributed by atoms with Gasteiger partial charge in [-0.2, -0.15) is 0 Å². The average molecular weight is 181 g/mol. The van der Waals surface area contributed by atoms with E-state index in [9.17, 15) is 4.79 Å². The highest BCUT2D eigenvalue weighted by Crippen LogP contribution is 2.08. The Hall–Kier alpha value is -1.34. The van der Waals surface area contributed by atoms with Crippen LogP contribution in [0.3, 0.4) is 0 Å². The minimum atomic E-state index is -0.421. The Morgan fingerprint density at radius 2 is 2.50 bits per heavy atom. The summed E-state index contributed by atoms with van der Waals surface area (Å²) in [6.45, 7) is 1.72. The van der Waals surface area contributed by atoms with E-state index in [0.717, 1.165) is 0 Å². The lowest BCUT2D eigenvalue weighted by Crippen LogP contribution is -2.00. The molecule has 1 aromatic heterocycles. The van der Waals surface area contributed by atoms with E-state index in [2.05, 4.69) is 21.6 Å². The highest BCUT2D eigenvalue weighted by Gasteiger charge is 2.08. The number of aromatic nitrogens is 1. The summed E-state index contributed by atoms with van der Waals surface area (Å²) in [4.78, 5) is 14.8. The number of methoxy groups -OCH3 is 1. The maximum Gasteiger partial charge on any atom is 0.357 e. The zero-order chi connectivity index (χ0) is 8.97. The third-order valence-corrected chi connectivity index (χ3v) is 1.89. The number of hydrogen-bond acceptors (Lipinski definition) is 4. The third-order valence-electron chi connectivity index (χ3n) is 1.13. The molecule has 0 spiro atoms. The average Bonchev–Trinajstić information content (AvgIpc) is 2.52. The van der Waals surface area contributed by atoms with Crippen LogP contribution in [-0.2, 0) is 4.74 Å². The molecule has 3 nitrogen and oxygen atoms in total. The first-order valence-corrected chi connectivity index (χ1v) is 4.12. The molecule has 62 valence electrons. The van der Waals surface area contributed by atoms with Crippen LogP contribution in [-0.4, -0.2) is 18.1 Å². The van der Waals surface area contributed by atoms with Crippen molar-refractivity contribution in [3.05, 3.63) is 16.1 Å². The number of rotatable bonds is 1. The second kappa shape index (κ2) is 3.88. The van der Waals surface area contributed by atoms with Crippen molar-refractivity contribution in [2.24, 2.45) is 0 Å². The van der Waals surface area contributed by atoms with Gasteiger partial charge in [0.15, 0.2) is 10.7 Å². The topological polar surface area (TPSA) is 39.2 Å². The fourth-order valence-corrected chi connectivity index (χ4v) is 1.32. The molecule has 0 saturated carbocycles. The minimum absolute atomic E-state index is 0.320. The predicted molar refractivity (Wildman–Crippen MR) is 46.0 cm³/mol. The summed E-state index contributed by atoms with van der Waals surface area (Å²) in [6.07, 6.45) is 0. The van der Waals surface area contributed by atoms with Crippen LogP contribution in [0.4, 0.5) is 0 Å². The molecule has 1 heterocycles. The van der Waals surface area contributed by atoms with E-state index in [-0.39, 0.29) is 0 Å². The zero-order valence-electron chi connectivity index (χ0n) is 6.75. The van der Waals surface area contributed by atoms with Crippen molar-refractivity contribution < 1.29 is 9.53 Å². The molecule has 12 heavy (non-hydrogen) atoms. The Bertz CT molecular complexity index is 345. The van der Waals surface area contributed by atoms with Crippen LogP contribution < -0.4 is 0 Å². The van der Waals surface area contributed by atoms with Crippen molar-refractivity contribution in [1.29, 1.82) is 0 Å². The SMILES string of the molecule is CC#Cc1nc(C(=O)OC)cs1. The van der Waals surface area contributed by atoms with Gasteiger partial charge in [0.05, 0.1) is 7.11 Å². The van der Waals surface area contributed by atoms with Crippen molar-refractivity contribution in [2.45, 2.75) is 6.92 Å². The first kappa shape index (κ1) is 8.75. The van der Waals surface area contributed by atoms with Gasteiger partial charge in [-0.1, -0.05) is 5.92 Å². The monoisotopic (exact) mass is 181 g/mol. The molecule has 0 aliphatic rings. The lowest BCUT2D eigenvalue weighted by atomic mass is 10.5. The van der Waals surface area contributed by atoms with Gasteiger partial charge in [0.1, 0.15) is 0 Å². The number of carbonyl (C=O) groups excluding carboxylic acids is 1. The van der Waals surface area contributed by atoms with Gasteiger partial charge in [0.2, 0.25) is 0 Å². The molecule has 0 saturated heterocycles. The molecule has 0 amide bonds. The molecule has 1 aromatic rings. The number of carbonyl (C=O) groups is 1. The van der Waals surface area contributed by atoms with Gasteiger partial charge < -0.3 is 4.74 Å². The van der Waals surface area contributed by atoms with E-state index in [4.69, 9.17) is 0 Å². The zero-order valence-corrected chi connectivity index (χ0v) is 7.57. The fraction of sp³-hybridized carbons (Fsp3) is 0.250. The van der Waals surface area contributed by atoms with Gasteiger partial charge in [-0.15, -0.1) is 11.3 Å². The van der Waals surface area contributed by atoms with E-state index in [1.165, 1.54) is 18.4 Å². The molecule has 0 N–H and O–H groups in total. The van der Waals surface area contributed by atoms with E-state index >= 15 is 0 Å². The summed E-state index contributed by atoms with van der Waals surface area (Å²) >= 11 is 1.33. The number of nitrogens with zero attached hydrogens (tertiary/aromatic N) is 1. The molecule has 0 aliphatic heterocycles. The lowest BCUT2D eigenvalue weighted by molar-refractivity contribution is 0.0595. The van der Waals surface area contributed by atoms with Crippen LogP contribution >= 0.6 is 11.3 Å². The first-order valence-electron chi connectivity index (χ1n) is 3.24. The van der Waals surface area contributed by atoms with E-state index in [1.54, 1.807) is 12.3 Å². The summed E-state index contributed by atoms with van der Waals surface area (Å²) in [5.74, 6) is 5.04. The maximum absolute atomic E-state index is 10.9. The number of thiazole rings is 1. The smallest absolute Gasteiger partial charge is 0.357 e. The van der Waals surface area contributed by atoms with E-state index < -0.39 is 5.97 Å². The minimum Gasteiger partial charge on any atom is -0.464 e. The largest absolute Gasteiger partial charge is 0.464 e. The van der Waals surface area contributed by atoms with E-state index in [1.807, 2.05) is 0 Å². The van der Waals surface area contributed by atoms with E-state index in [0.29, 0.717) is 10.7 Å². The van der Waals surface area contributed by atoms with Crippen LogP contribution in [0.5, 0.6) is 0 Å². The number of ether oxygens (including phenoxy) is 1. The predicted octanol–water partition coefficient (Wildman–Crippen LogP) is 1.30. The second-order valence-electron chi connectivity index (χ2n) is 1.90. The van der Waals surface area contributed by atoms with Gasteiger partial charge in [-0.3, -0.25) is 0 Å². The molecule has 0 radical (unpaired) electrons. The molecule has 0 bridgehead atoms. The fourth-order valence-electron chi connectivity index (χ4n) is 0.636. The Balaban J connectivity index is 2.89. The van der Waals surface area contributed by atoms with Crippen LogP contribution in [0.2, 0.25) is 0 Å². The van der Waals surface area contributed by atoms with Crippen molar-refractivity contribution in [1.82, 2.24) is 4.98 Å². The standard InChI is InChI=1S/C8H7NO2S/c1-3-4-7-9-6(5-12-7)8(10)11-2/h5H,1-2H3. The molecule has 0 aromatic carbocycles. The molecule has 0 aliphatic carbocycles. The molecule has 0 fully saturated rings. The third kappa shape index (κ3) is 1.83. The molecule has 0 atom stereocenters. The number of hydrogen-bond donors (Lipinski definition) is 0. The van der Waals surface area contributed by atoms with Crippen molar-refractivity contribution >= 4 is 17.3 Å². The Morgan fingerprint density at radius 1 is 1.75 bits per heavy atom. The Kier molecular flexibility index (Phi) is 2.83. The van der Waals surface area contributed by atoms with Crippen molar-refractivity contribution in [3.63, 3.8) is 0 Å². The highest BCUT2D eigenvalue weighted by atomic mass is 32.1. The Labute approximate surface area is 74.4 Å². The van der Waals surface area contributed by atoms with Gasteiger partial charge in [0.25, 0.3) is 0 Å². The van der Waals surface area contributed by atoms with Gasteiger partial charge in [-0.25, -0.2) is 9.78 Å². The molecule has 1 rings (SSSR count). The van der Waals surface area contributed by atoms with Crippen molar-refractivity contribution in [2.75, 3.05) is 7.11 Å². The molecular weight excluding hydrogens is 174 g/mol. The van der Waals surface area contributed by atoms with Crippen LogP contribution in [0.1, 0.15) is 22.4 Å². The molecular formula is C8H7NO2S. The normalized spacial score (nSPS) is 8.50.